The zero-order chi connectivity index (χ0) is 18.9. The molecule has 1 aliphatic rings. The van der Waals surface area contributed by atoms with Gasteiger partial charge in [-0.05, 0) is 43.5 Å². The molecule has 26 heavy (non-hydrogen) atoms. The zero-order valence-electron chi connectivity index (χ0n) is 14.3. The number of amides is 1. The van der Waals surface area contributed by atoms with Crippen molar-refractivity contribution in [3.05, 3.63) is 65.2 Å². The van der Waals surface area contributed by atoms with E-state index >= 15 is 0 Å². The molecule has 0 heterocycles. The first-order valence-electron chi connectivity index (χ1n) is 8.43. The second-order valence-corrected chi connectivity index (χ2v) is 6.70. The number of carboxylic acids is 1. The lowest BCUT2D eigenvalue weighted by atomic mass is 9.63. The van der Waals surface area contributed by atoms with E-state index in [1.165, 1.54) is 6.07 Å². The van der Waals surface area contributed by atoms with Crippen molar-refractivity contribution in [3.8, 4) is 0 Å². The third kappa shape index (κ3) is 3.19. The molecule has 0 bridgehead atoms. The van der Waals surface area contributed by atoms with Crippen LogP contribution in [0.1, 0.15) is 43.2 Å². The predicted molar refractivity (Wildman–Crippen MR) is 93.0 cm³/mol. The van der Waals surface area contributed by atoms with Crippen LogP contribution < -0.4 is 5.32 Å². The van der Waals surface area contributed by atoms with E-state index in [1.54, 1.807) is 31.2 Å². The van der Waals surface area contributed by atoms with Crippen LogP contribution in [0.5, 0.6) is 0 Å². The van der Waals surface area contributed by atoms with Gasteiger partial charge in [0.05, 0.1) is 11.3 Å². The van der Waals surface area contributed by atoms with Gasteiger partial charge in [0.2, 0.25) is 5.91 Å². The molecule has 1 atom stereocenters. The highest BCUT2D eigenvalue weighted by molar-refractivity contribution is 6.00. The summed E-state index contributed by atoms with van der Waals surface area (Å²) in [5.74, 6) is -3.31. The Morgan fingerprint density at radius 2 is 1.77 bits per heavy atom. The molecule has 3 rings (SSSR count). The van der Waals surface area contributed by atoms with Crippen LogP contribution in [-0.4, -0.2) is 17.0 Å². The Hall–Kier alpha value is -2.76. The van der Waals surface area contributed by atoms with E-state index in [2.05, 4.69) is 5.32 Å². The maximum absolute atomic E-state index is 14.2. The number of aliphatic carboxylic acids is 1. The Labute approximate surface area is 149 Å². The number of carbonyl (C=O) groups is 2. The molecule has 2 aromatic rings. The van der Waals surface area contributed by atoms with E-state index in [-0.39, 0.29) is 11.5 Å². The molecule has 1 unspecified atom stereocenters. The number of nitrogens with one attached hydrogen (secondary N) is 1. The van der Waals surface area contributed by atoms with E-state index in [4.69, 9.17) is 5.11 Å². The molecule has 2 N–H and O–H groups in total. The van der Waals surface area contributed by atoms with Gasteiger partial charge >= 0.3 is 5.97 Å². The Balaban J connectivity index is 1.81. The van der Waals surface area contributed by atoms with Crippen molar-refractivity contribution < 1.29 is 23.5 Å². The van der Waals surface area contributed by atoms with Crippen LogP contribution >= 0.6 is 0 Å². The zero-order valence-corrected chi connectivity index (χ0v) is 14.3. The quantitative estimate of drug-likeness (QED) is 0.840. The predicted octanol–water partition coefficient (Wildman–Crippen LogP) is 4.21. The molecule has 0 aliphatic heterocycles. The third-order valence-corrected chi connectivity index (χ3v) is 5.13. The molecule has 0 spiro atoms. The van der Waals surface area contributed by atoms with Crippen LogP contribution in [0, 0.1) is 11.6 Å². The van der Waals surface area contributed by atoms with Gasteiger partial charge in [-0.3, -0.25) is 9.59 Å². The fraction of sp³-hybridized carbons (Fsp3) is 0.300. The van der Waals surface area contributed by atoms with Crippen molar-refractivity contribution in [2.45, 2.75) is 37.5 Å². The highest BCUT2D eigenvalue weighted by atomic mass is 19.1. The number of halogens is 2. The van der Waals surface area contributed by atoms with Crippen LogP contribution in [0.3, 0.4) is 0 Å². The van der Waals surface area contributed by atoms with Gasteiger partial charge < -0.3 is 10.4 Å². The Bertz CT molecular complexity index is 845. The van der Waals surface area contributed by atoms with E-state index in [0.29, 0.717) is 24.1 Å². The summed E-state index contributed by atoms with van der Waals surface area (Å²) in [7, 11) is 0. The minimum absolute atomic E-state index is 0.207. The monoisotopic (exact) mass is 359 g/mol. The Morgan fingerprint density at radius 1 is 1.12 bits per heavy atom. The van der Waals surface area contributed by atoms with Crippen molar-refractivity contribution in [2.24, 2.45) is 0 Å². The fourth-order valence-corrected chi connectivity index (χ4v) is 3.28. The third-order valence-electron chi connectivity index (χ3n) is 5.13. The summed E-state index contributed by atoms with van der Waals surface area (Å²) < 4.78 is 27.4. The molecular formula is C20H19F2NO3. The van der Waals surface area contributed by atoms with Gasteiger partial charge in [-0.25, -0.2) is 8.78 Å². The SMILES string of the molecule is CC(C(=O)O)c1ccc(NC(=O)C2(c3ccc(F)cc3F)CCC2)cc1. The largest absolute Gasteiger partial charge is 0.481 e. The van der Waals surface area contributed by atoms with E-state index in [0.717, 1.165) is 18.6 Å². The highest BCUT2D eigenvalue weighted by Gasteiger charge is 2.47. The van der Waals surface area contributed by atoms with Gasteiger partial charge in [-0.2, -0.15) is 0 Å². The van der Waals surface area contributed by atoms with Gasteiger partial charge in [-0.1, -0.05) is 24.6 Å². The molecule has 0 aromatic heterocycles. The summed E-state index contributed by atoms with van der Waals surface area (Å²) in [6, 6.07) is 9.82. The first-order valence-corrected chi connectivity index (χ1v) is 8.43. The molecule has 2 aromatic carbocycles. The highest BCUT2D eigenvalue weighted by Crippen LogP contribution is 2.45. The topological polar surface area (TPSA) is 66.4 Å². The first-order chi connectivity index (χ1) is 12.3. The number of anilines is 1. The second-order valence-electron chi connectivity index (χ2n) is 6.70. The summed E-state index contributed by atoms with van der Waals surface area (Å²) in [4.78, 5) is 23.8. The number of carbonyl (C=O) groups excluding carboxylic acids is 1. The lowest BCUT2D eigenvalue weighted by Gasteiger charge is -2.40. The van der Waals surface area contributed by atoms with Crippen LogP contribution in [0.4, 0.5) is 14.5 Å². The number of carboxylic acid groups (broad SMARTS) is 1. The van der Waals surface area contributed by atoms with Gasteiger partial charge in [0.1, 0.15) is 11.6 Å². The minimum Gasteiger partial charge on any atom is -0.481 e. The van der Waals surface area contributed by atoms with Crippen molar-refractivity contribution in [3.63, 3.8) is 0 Å². The molecule has 6 heteroatoms. The van der Waals surface area contributed by atoms with Crippen LogP contribution in [-0.2, 0) is 15.0 Å². The number of benzene rings is 2. The van der Waals surface area contributed by atoms with Gasteiger partial charge in [0, 0.05) is 17.3 Å². The molecular weight excluding hydrogens is 340 g/mol. The summed E-state index contributed by atoms with van der Waals surface area (Å²) >= 11 is 0. The fourth-order valence-electron chi connectivity index (χ4n) is 3.28. The molecule has 1 amide bonds. The standard InChI is InChI=1S/C20H19F2NO3/c1-12(18(24)25)13-3-6-15(7-4-13)23-19(26)20(9-2-10-20)16-8-5-14(21)11-17(16)22/h3-8,11-12H,2,9-10H2,1H3,(H,23,26)(H,24,25). The minimum atomic E-state index is -0.995. The van der Waals surface area contributed by atoms with Crippen LogP contribution in [0.15, 0.2) is 42.5 Å². The molecule has 4 nitrogen and oxygen atoms in total. The number of hydrogen-bond donors (Lipinski definition) is 2. The smallest absolute Gasteiger partial charge is 0.310 e. The summed E-state index contributed by atoms with van der Waals surface area (Å²) in [5.41, 5.74) is 0.340. The summed E-state index contributed by atoms with van der Waals surface area (Å²) in [6.45, 7) is 1.58. The van der Waals surface area contributed by atoms with Gasteiger partial charge in [0.15, 0.2) is 0 Å². The molecule has 1 saturated carbocycles. The van der Waals surface area contributed by atoms with Gasteiger partial charge in [0.25, 0.3) is 0 Å². The molecule has 1 fully saturated rings. The summed E-state index contributed by atoms with van der Waals surface area (Å²) in [5, 5.41) is 11.8. The van der Waals surface area contributed by atoms with Crippen LogP contribution in [0.2, 0.25) is 0 Å². The van der Waals surface area contributed by atoms with Crippen molar-refractivity contribution in [1.82, 2.24) is 0 Å². The molecule has 136 valence electrons. The lowest BCUT2D eigenvalue weighted by Crippen LogP contribution is -2.46. The van der Waals surface area contributed by atoms with Crippen molar-refractivity contribution in [2.75, 3.05) is 5.32 Å². The Morgan fingerprint density at radius 3 is 2.27 bits per heavy atom. The number of rotatable bonds is 5. The summed E-state index contributed by atoms with van der Waals surface area (Å²) in [6.07, 6.45) is 1.78. The number of hydrogen-bond acceptors (Lipinski definition) is 2. The second kappa shape index (κ2) is 6.86. The van der Waals surface area contributed by atoms with E-state index in [9.17, 15) is 18.4 Å². The van der Waals surface area contributed by atoms with Crippen molar-refractivity contribution >= 4 is 17.6 Å². The average molecular weight is 359 g/mol. The van der Waals surface area contributed by atoms with Gasteiger partial charge in [-0.15, -0.1) is 0 Å². The molecule has 1 aliphatic carbocycles. The molecule has 0 radical (unpaired) electrons. The average Bonchev–Trinajstić information content (AvgIpc) is 2.55. The van der Waals surface area contributed by atoms with Crippen molar-refractivity contribution in [1.29, 1.82) is 0 Å². The lowest BCUT2D eigenvalue weighted by molar-refractivity contribution is -0.138. The normalized spacial score (nSPS) is 16.4. The Kier molecular flexibility index (Phi) is 4.76. The first kappa shape index (κ1) is 18.0. The van der Waals surface area contributed by atoms with E-state index < -0.39 is 28.9 Å². The van der Waals surface area contributed by atoms with E-state index in [1.807, 2.05) is 0 Å². The molecule has 0 saturated heterocycles. The maximum atomic E-state index is 14.2. The van der Waals surface area contributed by atoms with Crippen LogP contribution in [0.25, 0.3) is 0 Å². The maximum Gasteiger partial charge on any atom is 0.310 e.